The van der Waals surface area contributed by atoms with Gasteiger partial charge >= 0.3 is 0 Å². The number of thiazole rings is 1. The molecule has 0 radical (unpaired) electrons. The average Bonchev–Trinajstić information content (AvgIpc) is 2.71. The lowest BCUT2D eigenvalue weighted by atomic mass is 10.2. The summed E-state index contributed by atoms with van der Waals surface area (Å²) in [4.78, 5) is 6.58. The van der Waals surface area contributed by atoms with Crippen LogP contribution in [-0.4, -0.2) is 18.6 Å². The van der Waals surface area contributed by atoms with Gasteiger partial charge in [-0.2, -0.15) is 0 Å². The van der Waals surface area contributed by atoms with Crippen LogP contribution in [0.3, 0.4) is 0 Å². The van der Waals surface area contributed by atoms with E-state index in [-0.39, 0.29) is 5.56 Å². The smallest absolute Gasteiger partial charge is 0.136 e. The van der Waals surface area contributed by atoms with Gasteiger partial charge in [-0.3, -0.25) is 0 Å². The largest absolute Gasteiger partial charge is 0.365 e. The Hall–Kier alpha value is -1.49. The van der Waals surface area contributed by atoms with Crippen LogP contribution in [0.1, 0.15) is 18.5 Å². The molecular weight excluding hydrogens is 266 g/mol. The summed E-state index contributed by atoms with van der Waals surface area (Å²) < 4.78 is 27.6. The summed E-state index contributed by atoms with van der Waals surface area (Å²) in [7, 11) is 2.00. The van der Waals surface area contributed by atoms with Crippen molar-refractivity contribution in [3.05, 3.63) is 35.5 Å². The summed E-state index contributed by atoms with van der Waals surface area (Å²) in [5, 5.41) is 1.48. The lowest BCUT2D eigenvalue weighted by Gasteiger charge is -2.14. The van der Waals surface area contributed by atoms with Crippen LogP contribution in [0.15, 0.2) is 18.2 Å². The van der Waals surface area contributed by atoms with Crippen LogP contribution in [0.25, 0.3) is 10.6 Å². The van der Waals surface area contributed by atoms with Gasteiger partial charge in [0.15, 0.2) is 0 Å². The fourth-order valence-electron chi connectivity index (χ4n) is 2.36. The predicted molar refractivity (Wildman–Crippen MR) is 73.7 cm³/mol. The number of hydrogen-bond acceptors (Lipinski definition) is 3. The van der Waals surface area contributed by atoms with Crippen molar-refractivity contribution in [1.82, 2.24) is 4.98 Å². The van der Waals surface area contributed by atoms with Crippen molar-refractivity contribution in [3.8, 4) is 10.6 Å². The molecule has 19 heavy (non-hydrogen) atoms. The number of nitrogens with zero attached hydrogens (tertiary/aromatic N) is 2. The molecule has 0 saturated carbocycles. The fraction of sp³-hybridized carbons (Fsp3) is 0.357. The fourth-order valence-corrected chi connectivity index (χ4v) is 3.51. The highest BCUT2D eigenvalue weighted by Gasteiger charge is 2.21. The number of benzene rings is 1. The minimum absolute atomic E-state index is 0.00558. The molecule has 5 heteroatoms. The topological polar surface area (TPSA) is 16.1 Å². The maximum Gasteiger partial charge on any atom is 0.136 e. The molecule has 1 aromatic carbocycles. The maximum atomic E-state index is 13.8. The molecule has 1 aromatic heterocycles. The Labute approximate surface area is 114 Å². The lowest BCUT2D eigenvalue weighted by molar-refractivity contribution is 0.589. The maximum absolute atomic E-state index is 13.8. The minimum atomic E-state index is -0.549. The second kappa shape index (κ2) is 4.89. The van der Waals surface area contributed by atoms with Crippen LogP contribution in [0, 0.1) is 11.6 Å². The summed E-state index contributed by atoms with van der Waals surface area (Å²) >= 11 is 1.37. The van der Waals surface area contributed by atoms with E-state index in [2.05, 4.69) is 9.88 Å². The second-order valence-corrected chi connectivity index (χ2v) is 5.72. The van der Waals surface area contributed by atoms with Crippen molar-refractivity contribution in [1.29, 1.82) is 0 Å². The number of anilines is 1. The van der Waals surface area contributed by atoms with Crippen molar-refractivity contribution in [3.63, 3.8) is 0 Å². The van der Waals surface area contributed by atoms with Gasteiger partial charge in [-0.15, -0.1) is 0 Å². The number of aromatic nitrogens is 1. The van der Waals surface area contributed by atoms with E-state index < -0.39 is 11.6 Å². The molecule has 3 rings (SSSR count). The van der Waals surface area contributed by atoms with Crippen molar-refractivity contribution >= 4 is 16.3 Å². The Bertz CT molecular complexity index is 589. The molecule has 0 bridgehead atoms. The van der Waals surface area contributed by atoms with E-state index >= 15 is 0 Å². The molecule has 1 aliphatic rings. The SMILES string of the molecule is CN1CCCCc2nc(-c3c(F)cccc3F)sc21. The van der Waals surface area contributed by atoms with E-state index in [9.17, 15) is 8.78 Å². The average molecular weight is 280 g/mol. The van der Waals surface area contributed by atoms with Gasteiger partial charge in [0, 0.05) is 13.6 Å². The van der Waals surface area contributed by atoms with Crippen LogP contribution in [0.5, 0.6) is 0 Å². The first-order valence-electron chi connectivity index (χ1n) is 6.32. The molecule has 0 spiro atoms. The molecule has 0 fully saturated rings. The van der Waals surface area contributed by atoms with Gasteiger partial charge in [-0.25, -0.2) is 13.8 Å². The summed E-state index contributed by atoms with van der Waals surface area (Å²) in [5.74, 6) is -1.10. The molecule has 0 unspecified atom stereocenters. The first-order chi connectivity index (χ1) is 9.16. The van der Waals surface area contributed by atoms with Gasteiger partial charge in [0.2, 0.25) is 0 Å². The zero-order valence-corrected chi connectivity index (χ0v) is 11.4. The first kappa shape index (κ1) is 12.5. The van der Waals surface area contributed by atoms with E-state index in [0.29, 0.717) is 5.01 Å². The van der Waals surface area contributed by atoms with Crippen molar-refractivity contribution in [2.75, 3.05) is 18.5 Å². The third-order valence-corrected chi connectivity index (χ3v) is 4.59. The number of fused-ring (bicyclic) bond motifs is 1. The van der Waals surface area contributed by atoms with Gasteiger partial charge in [0.1, 0.15) is 21.6 Å². The zero-order chi connectivity index (χ0) is 13.4. The molecule has 0 amide bonds. The van der Waals surface area contributed by atoms with Crippen LogP contribution in [-0.2, 0) is 6.42 Å². The standard InChI is InChI=1S/C14H14F2N2S/c1-18-8-3-2-7-11-14(18)19-13(17-11)12-9(15)5-4-6-10(12)16/h4-6H,2-3,7-8H2,1H3. The molecule has 2 nitrogen and oxygen atoms in total. The van der Waals surface area contributed by atoms with Crippen molar-refractivity contribution in [2.45, 2.75) is 19.3 Å². The molecule has 0 aliphatic carbocycles. The third kappa shape index (κ3) is 2.23. The van der Waals surface area contributed by atoms with E-state index in [1.165, 1.54) is 29.5 Å². The van der Waals surface area contributed by atoms with Crippen LogP contribution in [0.2, 0.25) is 0 Å². The molecule has 0 saturated heterocycles. The minimum Gasteiger partial charge on any atom is -0.365 e. The normalized spacial score (nSPS) is 15.2. The molecule has 2 heterocycles. The van der Waals surface area contributed by atoms with Gasteiger partial charge in [0.05, 0.1) is 11.3 Å². The quantitative estimate of drug-likeness (QED) is 0.788. The molecule has 2 aromatic rings. The van der Waals surface area contributed by atoms with Crippen LogP contribution >= 0.6 is 11.3 Å². The van der Waals surface area contributed by atoms with E-state index in [4.69, 9.17) is 0 Å². The molecule has 1 aliphatic heterocycles. The van der Waals surface area contributed by atoms with Gasteiger partial charge in [-0.1, -0.05) is 17.4 Å². The van der Waals surface area contributed by atoms with Crippen LogP contribution < -0.4 is 4.90 Å². The Morgan fingerprint density at radius 3 is 2.68 bits per heavy atom. The highest BCUT2D eigenvalue weighted by molar-refractivity contribution is 7.19. The van der Waals surface area contributed by atoms with Gasteiger partial charge in [0.25, 0.3) is 0 Å². The summed E-state index contributed by atoms with van der Waals surface area (Å²) in [5.41, 5.74) is 0.955. The predicted octanol–water partition coefficient (Wildman–Crippen LogP) is 3.86. The van der Waals surface area contributed by atoms with E-state index in [0.717, 1.165) is 36.5 Å². The zero-order valence-electron chi connectivity index (χ0n) is 10.6. The molecular formula is C14H14F2N2S. The molecule has 0 atom stereocenters. The number of hydrogen-bond donors (Lipinski definition) is 0. The number of halogens is 2. The molecule has 100 valence electrons. The molecule has 0 N–H and O–H groups in total. The van der Waals surface area contributed by atoms with E-state index in [1.54, 1.807) is 0 Å². The lowest BCUT2D eigenvalue weighted by Crippen LogP contribution is -2.16. The van der Waals surface area contributed by atoms with Gasteiger partial charge in [-0.05, 0) is 31.4 Å². The Morgan fingerprint density at radius 1 is 1.21 bits per heavy atom. The highest BCUT2D eigenvalue weighted by atomic mass is 32.1. The van der Waals surface area contributed by atoms with Crippen LogP contribution in [0.4, 0.5) is 13.8 Å². The Balaban J connectivity index is 2.10. The Morgan fingerprint density at radius 2 is 1.95 bits per heavy atom. The summed E-state index contributed by atoms with van der Waals surface area (Å²) in [6.45, 7) is 0.967. The third-order valence-electron chi connectivity index (χ3n) is 3.36. The monoisotopic (exact) mass is 280 g/mol. The van der Waals surface area contributed by atoms with Crippen molar-refractivity contribution < 1.29 is 8.78 Å². The number of rotatable bonds is 1. The summed E-state index contributed by atoms with van der Waals surface area (Å²) in [6, 6.07) is 3.92. The second-order valence-electron chi connectivity index (χ2n) is 4.75. The van der Waals surface area contributed by atoms with Gasteiger partial charge < -0.3 is 4.90 Å². The first-order valence-corrected chi connectivity index (χ1v) is 7.13. The Kier molecular flexibility index (Phi) is 3.22. The number of aryl methyl sites for hydroxylation is 1. The van der Waals surface area contributed by atoms with E-state index in [1.807, 2.05) is 7.05 Å². The highest BCUT2D eigenvalue weighted by Crippen LogP contribution is 2.38. The summed E-state index contributed by atoms with van der Waals surface area (Å²) in [6.07, 6.45) is 3.08. The van der Waals surface area contributed by atoms with Crippen molar-refractivity contribution in [2.24, 2.45) is 0 Å².